The molecule has 1 N–H and O–H groups in total. The molecule has 2 atom stereocenters. The van der Waals surface area contributed by atoms with Crippen molar-refractivity contribution in [1.82, 2.24) is 5.32 Å². The van der Waals surface area contributed by atoms with Gasteiger partial charge in [-0.1, -0.05) is 0 Å². The number of carbonyl (C=O) groups is 1. The fourth-order valence-corrected chi connectivity index (χ4v) is 2.18. The smallest absolute Gasteiger partial charge is 0.306 e. The maximum Gasteiger partial charge on any atom is 0.306 e. The molecule has 2 aliphatic rings. The predicted molar refractivity (Wildman–Crippen MR) is 55.5 cm³/mol. The van der Waals surface area contributed by atoms with Crippen LogP contribution in [0.4, 0.5) is 0 Å². The minimum absolute atomic E-state index is 0.149. The van der Waals surface area contributed by atoms with Crippen molar-refractivity contribution in [3.05, 3.63) is 0 Å². The van der Waals surface area contributed by atoms with E-state index in [4.69, 9.17) is 4.74 Å². The lowest BCUT2D eigenvalue weighted by Gasteiger charge is -2.19. The van der Waals surface area contributed by atoms with E-state index in [0.29, 0.717) is 25.1 Å². The Morgan fingerprint density at radius 3 is 2.93 bits per heavy atom. The molecule has 0 aromatic carbocycles. The van der Waals surface area contributed by atoms with E-state index < -0.39 is 0 Å². The van der Waals surface area contributed by atoms with Crippen LogP contribution in [-0.2, 0) is 14.3 Å². The molecular weight excluding hydrogens is 194 g/mol. The lowest BCUT2D eigenvalue weighted by atomic mass is 10.1. The third-order valence-corrected chi connectivity index (χ3v) is 3.19. The summed E-state index contributed by atoms with van der Waals surface area (Å²) in [6.45, 7) is 1.56. The van der Waals surface area contributed by atoms with Gasteiger partial charge in [0.15, 0.2) is 0 Å². The average molecular weight is 213 g/mol. The van der Waals surface area contributed by atoms with Crippen molar-refractivity contribution in [3.8, 4) is 0 Å². The minimum Gasteiger partial charge on any atom is -0.469 e. The first-order valence-corrected chi connectivity index (χ1v) is 5.73. The second-order valence-electron chi connectivity index (χ2n) is 4.35. The first kappa shape index (κ1) is 10.9. The largest absolute Gasteiger partial charge is 0.469 e. The Bertz CT molecular complexity index is 228. The number of esters is 1. The third-order valence-electron chi connectivity index (χ3n) is 3.19. The third kappa shape index (κ3) is 2.92. The summed E-state index contributed by atoms with van der Waals surface area (Å²) in [5.74, 6) is 0.618. The van der Waals surface area contributed by atoms with Gasteiger partial charge in [0.05, 0.1) is 19.6 Å². The van der Waals surface area contributed by atoms with Crippen molar-refractivity contribution in [2.24, 2.45) is 5.92 Å². The van der Waals surface area contributed by atoms with Crippen molar-refractivity contribution in [1.29, 1.82) is 0 Å². The van der Waals surface area contributed by atoms with E-state index in [1.165, 1.54) is 20.0 Å². The van der Waals surface area contributed by atoms with Gasteiger partial charge >= 0.3 is 5.97 Å². The van der Waals surface area contributed by atoms with Crippen molar-refractivity contribution in [2.75, 3.05) is 20.3 Å². The molecule has 15 heavy (non-hydrogen) atoms. The quantitative estimate of drug-likeness (QED) is 0.683. The lowest BCUT2D eigenvalue weighted by molar-refractivity contribution is -0.140. The van der Waals surface area contributed by atoms with Crippen molar-refractivity contribution in [2.45, 2.75) is 37.8 Å². The van der Waals surface area contributed by atoms with Gasteiger partial charge in [0.25, 0.3) is 0 Å². The zero-order valence-electron chi connectivity index (χ0n) is 9.20. The molecule has 1 saturated heterocycles. The zero-order valence-corrected chi connectivity index (χ0v) is 9.20. The van der Waals surface area contributed by atoms with E-state index in [-0.39, 0.29) is 5.97 Å². The molecule has 1 heterocycles. The van der Waals surface area contributed by atoms with Gasteiger partial charge in [0.1, 0.15) is 0 Å². The molecule has 0 spiro atoms. The van der Waals surface area contributed by atoms with Gasteiger partial charge in [0, 0.05) is 19.2 Å². The van der Waals surface area contributed by atoms with Gasteiger partial charge in [-0.25, -0.2) is 0 Å². The molecule has 0 amide bonds. The predicted octanol–water partition coefficient (Wildman–Crippen LogP) is 0.707. The number of hydrogen-bond donors (Lipinski definition) is 1. The van der Waals surface area contributed by atoms with Gasteiger partial charge in [-0.15, -0.1) is 0 Å². The van der Waals surface area contributed by atoms with Crippen LogP contribution in [0, 0.1) is 5.92 Å². The molecule has 0 aromatic rings. The molecule has 2 fully saturated rings. The second-order valence-corrected chi connectivity index (χ2v) is 4.35. The van der Waals surface area contributed by atoms with Crippen molar-refractivity contribution in [3.63, 3.8) is 0 Å². The molecule has 2 unspecified atom stereocenters. The highest BCUT2D eigenvalue weighted by molar-refractivity contribution is 5.69. The van der Waals surface area contributed by atoms with E-state index in [0.717, 1.165) is 18.9 Å². The maximum absolute atomic E-state index is 10.9. The number of carbonyl (C=O) groups excluding carboxylic acids is 1. The van der Waals surface area contributed by atoms with Gasteiger partial charge in [0.2, 0.25) is 0 Å². The zero-order chi connectivity index (χ0) is 10.7. The monoisotopic (exact) mass is 213 g/mol. The maximum atomic E-state index is 10.9. The van der Waals surface area contributed by atoms with Crippen molar-refractivity contribution < 1.29 is 14.3 Å². The SMILES string of the molecule is COC(=O)CCNC1CCOC1C1CC1. The van der Waals surface area contributed by atoms with Crippen LogP contribution in [0.3, 0.4) is 0 Å². The molecule has 0 bridgehead atoms. The highest BCUT2D eigenvalue weighted by Gasteiger charge is 2.40. The topological polar surface area (TPSA) is 47.6 Å². The van der Waals surface area contributed by atoms with Crippen LogP contribution in [0.5, 0.6) is 0 Å². The summed E-state index contributed by atoms with van der Waals surface area (Å²) in [5.41, 5.74) is 0. The summed E-state index contributed by atoms with van der Waals surface area (Å²) in [6, 6.07) is 0.446. The van der Waals surface area contributed by atoms with E-state index >= 15 is 0 Å². The molecule has 4 nitrogen and oxygen atoms in total. The molecule has 1 aliphatic carbocycles. The fraction of sp³-hybridized carbons (Fsp3) is 0.909. The average Bonchev–Trinajstić information content (AvgIpc) is 2.99. The van der Waals surface area contributed by atoms with Gasteiger partial charge in [-0.2, -0.15) is 0 Å². The van der Waals surface area contributed by atoms with E-state index in [1.807, 2.05) is 0 Å². The summed E-state index contributed by atoms with van der Waals surface area (Å²) in [7, 11) is 1.42. The molecule has 1 aliphatic heterocycles. The normalized spacial score (nSPS) is 30.5. The Hall–Kier alpha value is -0.610. The Morgan fingerprint density at radius 2 is 2.27 bits per heavy atom. The standard InChI is InChI=1S/C11H19NO3/c1-14-10(13)4-6-12-9-5-7-15-11(9)8-2-3-8/h8-9,11-12H,2-7H2,1H3. The molecule has 2 rings (SSSR count). The Labute approximate surface area is 90.3 Å². The summed E-state index contributed by atoms with van der Waals surface area (Å²) in [6.07, 6.45) is 4.52. The highest BCUT2D eigenvalue weighted by atomic mass is 16.5. The lowest BCUT2D eigenvalue weighted by Crippen LogP contribution is -2.38. The Kier molecular flexibility index (Phi) is 3.59. The Morgan fingerprint density at radius 1 is 1.47 bits per heavy atom. The van der Waals surface area contributed by atoms with Crippen LogP contribution >= 0.6 is 0 Å². The summed E-state index contributed by atoms with van der Waals surface area (Å²) in [5, 5.41) is 3.39. The number of rotatable bonds is 5. The van der Waals surface area contributed by atoms with Crippen LogP contribution < -0.4 is 5.32 Å². The Balaban J connectivity index is 1.67. The molecule has 86 valence electrons. The van der Waals surface area contributed by atoms with Gasteiger partial charge in [-0.05, 0) is 25.2 Å². The first-order valence-electron chi connectivity index (χ1n) is 5.73. The van der Waals surface area contributed by atoms with Crippen LogP contribution in [0.15, 0.2) is 0 Å². The number of methoxy groups -OCH3 is 1. The van der Waals surface area contributed by atoms with Crippen LogP contribution in [0.2, 0.25) is 0 Å². The minimum atomic E-state index is -0.149. The van der Waals surface area contributed by atoms with E-state index in [1.54, 1.807) is 0 Å². The van der Waals surface area contributed by atoms with Crippen molar-refractivity contribution >= 4 is 5.97 Å². The summed E-state index contributed by atoms with van der Waals surface area (Å²) >= 11 is 0. The molecule has 0 aromatic heterocycles. The van der Waals surface area contributed by atoms with Crippen LogP contribution in [-0.4, -0.2) is 38.4 Å². The molecule has 0 radical (unpaired) electrons. The van der Waals surface area contributed by atoms with E-state index in [9.17, 15) is 4.79 Å². The fourth-order valence-electron chi connectivity index (χ4n) is 2.18. The van der Waals surface area contributed by atoms with Crippen LogP contribution in [0.1, 0.15) is 25.7 Å². The van der Waals surface area contributed by atoms with Gasteiger partial charge < -0.3 is 14.8 Å². The summed E-state index contributed by atoms with van der Waals surface area (Å²) < 4.78 is 10.3. The van der Waals surface area contributed by atoms with Gasteiger partial charge in [-0.3, -0.25) is 4.79 Å². The second kappa shape index (κ2) is 4.94. The van der Waals surface area contributed by atoms with E-state index in [2.05, 4.69) is 10.1 Å². The van der Waals surface area contributed by atoms with Crippen LogP contribution in [0.25, 0.3) is 0 Å². The first-order chi connectivity index (χ1) is 7.31. The molecule has 4 heteroatoms. The molecular formula is C11H19NO3. The molecule has 1 saturated carbocycles. The highest BCUT2D eigenvalue weighted by Crippen LogP contribution is 2.38. The summed E-state index contributed by atoms with van der Waals surface area (Å²) in [4.78, 5) is 10.9. The number of nitrogens with one attached hydrogen (secondary N) is 1. The number of ether oxygens (including phenoxy) is 2. The number of hydrogen-bond acceptors (Lipinski definition) is 4.